The van der Waals surface area contributed by atoms with Crippen molar-refractivity contribution in [3.63, 3.8) is 0 Å². The van der Waals surface area contributed by atoms with Crippen molar-refractivity contribution in [2.45, 2.75) is 42.0 Å². The van der Waals surface area contributed by atoms with Crippen LogP contribution < -0.4 is 11.2 Å². The topological polar surface area (TPSA) is 171 Å². The lowest BCUT2D eigenvalue weighted by molar-refractivity contribution is -0.146. The third-order valence-corrected chi connectivity index (χ3v) is 6.36. The fourth-order valence-corrected chi connectivity index (χ4v) is 3.55. The van der Waals surface area contributed by atoms with Gasteiger partial charge in [-0.25, -0.2) is 9.18 Å². The van der Waals surface area contributed by atoms with E-state index in [2.05, 4.69) is 8.37 Å². The summed E-state index contributed by atoms with van der Waals surface area (Å²) >= 11 is 0. The summed E-state index contributed by atoms with van der Waals surface area (Å²) in [4.78, 5) is 25.1. The number of aromatic nitrogens is 2. The predicted octanol–water partition coefficient (Wildman–Crippen LogP) is -0.456. The Balaban J connectivity index is 2.53. The average Bonchev–Trinajstić information content (AvgIpc) is 2.92. The highest BCUT2D eigenvalue weighted by atomic mass is 32.2. The second-order valence-electron chi connectivity index (χ2n) is 6.77. The number of alkyl halides is 7. The Kier molecular flexibility index (Phi) is 7.34. The molecule has 196 valence electrons. The number of aliphatic hydroxyl groups is 1. The number of aromatic amines is 1. The fourth-order valence-electron chi connectivity index (χ4n) is 2.58. The molecule has 1 aromatic rings. The lowest BCUT2D eigenvalue weighted by Gasteiger charge is -2.30. The van der Waals surface area contributed by atoms with E-state index in [-0.39, 0.29) is 10.1 Å². The van der Waals surface area contributed by atoms with Gasteiger partial charge in [0.15, 0.2) is 12.4 Å². The number of rotatable bonds is 7. The summed E-state index contributed by atoms with van der Waals surface area (Å²) in [5.41, 5.74) is -18.2. The second-order valence-corrected chi connectivity index (χ2v) is 9.98. The van der Waals surface area contributed by atoms with Crippen LogP contribution in [0.5, 0.6) is 0 Å². The number of hydrogen-bond donors (Lipinski definition) is 2. The lowest BCUT2D eigenvalue weighted by atomic mass is 9.98. The Labute approximate surface area is 184 Å². The number of aryl methyl sites for hydroxylation is 1. The zero-order valence-electron chi connectivity index (χ0n) is 16.3. The van der Waals surface area contributed by atoms with Crippen LogP contribution in [0.15, 0.2) is 15.8 Å². The molecule has 0 aromatic carbocycles. The number of halogens is 7. The minimum Gasteiger partial charge on any atom is -0.387 e. The van der Waals surface area contributed by atoms with Crippen LogP contribution in [0.3, 0.4) is 0 Å². The maximum atomic E-state index is 14.8. The van der Waals surface area contributed by atoms with E-state index in [1.165, 1.54) is 0 Å². The summed E-state index contributed by atoms with van der Waals surface area (Å²) < 4.78 is 147. The summed E-state index contributed by atoms with van der Waals surface area (Å²) in [6.07, 6.45) is -7.57. The Bertz CT molecular complexity index is 1200. The van der Waals surface area contributed by atoms with Gasteiger partial charge in [0.2, 0.25) is 0 Å². The maximum Gasteiger partial charge on any atom is 0.523 e. The second kappa shape index (κ2) is 8.86. The summed E-state index contributed by atoms with van der Waals surface area (Å²) in [6, 6.07) is 0. The molecule has 0 bridgehead atoms. The molecule has 2 heterocycles. The van der Waals surface area contributed by atoms with Crippen molar-refractivity contribution < 1.29 is 65.8 Å². The van der Waals surface area contributed by atoms with Crippen molar-refractivity contribution in [3.05, 3.63) is 32.6 Å². The molecule has 1 aliphatic heterocycles. The molecule has 0 aliphatic carbocycles. The third-order valence-electron chi connectivity index (χ3n) is 4.37. The first-order valence-electron chi connectivity index (χ1n) is 8.39. The van der Waals surface area contributed by atoms with E-state index in [9.17, 15) is 62.3 Å². The van der Waals surface area contributed by atoms with Crippen LogP contribution in [0, 0.1) is 6.92 Å². The number of nitrogens with one attached hydrogen (secondary N) is 1. The molecule has 0 unspecified atom stereocenters. The highest BCUT2D eigenvalue weighted by molar-refractivity contribution is 7.87. The van der Waals surface area contributed by atoms with Gasteiger partial charge in [0.1, 0.15) is 24.9 Å². The van der Waals surface area contributed by atoms with Crippen LogP contribution in [0.1, 0.15) is 11.8 Å². The Hall–Kier alpha value is -2.07. The van der Waals surface area contributed by atoms with Gasteiger partial charge in [0.25, 0.3) is 5.56 Å². The highest BCUT2D eigenvalue weighted by Crippen LogP contribution is 2.41. The molecule has 0 spiro atoms. The van der Waals surface area contributed by atoms with Crippen molar-refractivity contribution in [1.82, 2.24) is 9.55 Å². The van der Waals surface area contributed by atoms with Crippen LogP contribution in [0.25, 0.3) is 0 Å². The molecule has 0 saturated carbocycles. The number of hydrogen-bond acceptors (Lipinski definition) is 10. The van der Waals surface area contributed by atoms with Gasteiger partial charge in [0, 0.05) is 11.8 Å². The van der Waals surface area contributed by atoms with Crippen LogP contribution in [0.4, 0.5) is 30.7 Å². The van der Waals surface area contributed by atoms with E-state index in [0.29, 0.717) is 6.20 Å². The molecule has 0 amide bonds. The number of nitrogens with zero attached hydrogens (tertiary/aromatic N) is 1. The zero-order chi connectivity index (χ0) is 26.5. The SMILES string of the molecule is Cc1cn([C@@H]2OC(COS(=O)(=O)C(F)(F)F)(COS(=O)(=O)C(F)(F)F)[C@@H](O)[C@H]2F)c(=O)[nH]c1=O. The van der Waals surface area contributed by atoms with Crippen molar-refractivity contribution in [2.75, 3.05) is 13.2 Å². The van der Waals surface area contributed by atoms with Crippen LogP contribution in [-0.4, -0.2) is 73.6 Å². The molecule has 1 aromatic heterocycles. The van der Waals surface area contributed by atoms with E-state index < -0.39 is 79.8 Å². The molecule has 3 atom stereocenters. The van der Waals surface area contributed by atoms with Crippen molar-refractivity contribution >= 4 is 20.2 Å². The smallest absolute Gasteiger partial charge is 0.387 e. The lowest BCUT2D eigenvalue weighted by Crippen LogP contribution is -2.52. The van der Waals surface area contributed by atoms with Gasteiger partial charge in [-0.2, -0.15) is 43.2 Å². The van der Waals surface area contributed by atoms with Gasteiger partial charge in [0.05, 0.1) is 0 Å². The first-order valence-corrected chi connectivity index (χ1v) is 11.2. The Morgan fingerprint density at radius 1 is 1.06 bits per heavy atom. The summed E-state index contributed by atoms with van der Waals surface area (Å²) in [6.45, 7) is -3.10. The molecule has 0 radical (unpaired) electrons. The monoisotopic (exact) mass is 554 g/mol. The normalized spacial score (nSPS) is 23.9. The van der Waals surface area contributed by atoms with Gasteiger partial charge in [-0.1, -0.05) is 0 Å². The number of H-pyrrole nitrogens is 1. The molecule has 2 rings (SSSR count). The average molecular weight is 554 g/mol. The van der Waals surface area contributed by atoms with Gasteiger partial charge in [-0.3, -0.25) is 22.7 Å². The minimum atomic E-state index is -6.51. The largest absolute Gasteiger partial charge is 0.523 e. The summed E-state index contributed by atoms with van der Waals surface area (Å²) in [5, 5.41) is 10.2. The van der Waals surface area contributed by atoms with E-state index in [0.717, 1.165) is 6.92 Å². The summed E-state index contributed by atoms with van der Waals surface area (Å²) in [5.74, 6) is 0. The van der Waals surface area contributed by atoms with Crippen molar-refractivity contribution in [1.29, 1.82) is 0 Å². The zero-order valence-corrected chi connectivity index (χ0v) is 17.9. The summed E-state index contributed by atoms with van der Waals surface area (Å²) in [7, 11) is -13.0. The minimum absolute atomic E-state index is 0.225. The van der Waals surface area contributed by atoms with E-state index >= 15 is 0 Å². The molecule has 1 fully saturated rings. The van der Waals surface area contributed by atoms with Gasteiger partial charge in [-0.05, 0) is 6.92 Å². The number of ether oxygens (including phenoxy) is 1. The highest BCUT2D eigenvalue weighted by Gasteiger charge is 2.60. The first-order chi connectivity index (χ1) is 15.2. The van der Waals surface area contributed by atoms with Gasteiger partial charge < -0.3 is 9.84 Å². The molecule has 1 aliphatic rings. The molecule has 21 heteroatoms. The quantitative estimate of drug-likeness (QED) is 0.255. The van der Waals surface area contributed by atoms with Crippen molar-refractivity contribution in [2.24, 2.45) is 0 Å². The third kappa shape index (κ3) is 5.27. The maximum absolute atomic E-state index is 14.8. The molecule has 1 saturated heterocycles. The van der Waals surface area contributed by atoms with E-state index in [1.807, 2.05) is 0 Å². The van der Waals surface area contributed by atoms with E-state index in [1.54, 1.807) is 4.98 Å². The fraction of sp³-hybridized carbons (Fsp3) is 0.692. The van der Waals surface area contributed by atoms with Crippen LogP contribution in [0.2, 0.25) is 0 Å². The molecule has 2 N–H and O–H groups in total. The van der Waals surface area contributed by atoms with Crippen LogP contribution in [-0.2, 0) is 33.3 Å². The number of aliphatic hydroxyl groups excluding tert-OH is 1. The van der Waals surface area contributed by atoms with E-state index in [4.69, 9.17) is 4.74 Å². The first kappa shape index (κ1) is 28.2. The Morgan fingerprint density at radius 3 is 1.91 bits per heavy atom. The van der Waals surface area contributed by atoms with Gasteiger partial charge in [-0.15, -0.1) is 0 Å². The molecular formula is C13H13F7N2O10S2. The van der Waals surface area contributed by atoms with Crippen LogP contribution >= 0.6 is 0 Å². The molecule has 34 heavy (non-hydrogen) atoms. The van der Waals surface area contributed by atoms with Gasteiger partial charge >= 0.3 is 36.9 Å². The Morgan fingerprint density at radius 2 is 1.50 bits per heavy atom. The molecule has 12 nitrogen and oxygen atoms in total. The molecular weight excluding hydrogens is 541 g/mol. The predicted molar refractivity (Wildman–Crippen MR) is 91.7 cm³/mol. The standard InChI is InChI=1S/C13H13F7N2O10S2/c1-5-2-22(10(25)21-8(5)24)9-6(14)7(23)11(32-9,3-30-33(26,27)12(15,16)17)4-31-34(28,29)13(18,19)20/h2,6-7,9,23H,3-4H2,1H3,(H,21,24,25)/t6-,7+,9-/m1/s1. The van der Waals surface area contributed by atoms with Crippen molar-refractivity contribution in [3.8, 4) is 0 Å².